The van der Waals surface area contributed by atoms with Crippen molar-refractivity contribution >= 4 is 17.7 Å². The number of hydrogen-bond acceptors (Lipinski definition) is 2. The minimum Gasteiger partial charge on any atom is -0.477 e. The summed E-state index contributed by atoms with van der Waals surface area (Å²) in [6, 6.07) is 1.42. The predicted octanol–water partition coefficient (Wildman–Crippen LogP) is 2.68. The number of aryl methyl sites for hydroxylation is 1. The highest BCUT2D eigenvalue weighted by molar-refractivity contribution is 5.99. The van der Waals surface area contributed by atoms with Crippen molar-refractivity contribution in [3.63, 3.8) is 0 Å². The van der Waals surface area contributed by atoms with Crippen LogP contribution in [0.25, 0.3) is 0 Å². The van der Waals surface area contributed by atoms with E-state index in [9.17, 15) is 9.59 Å². The van der Waals surface area contributed by atoms with Crippen molar-refractivity contribution in [2.75, 3.05) is 18.4 Å². The summed E-state index contributed by atoms with van der Waals surface area (Å²) in [6.07, 6.45) is 3.24. The van der Waals surface area contributed by atoms with Crippen molar-refractivity contribution in [2.24, 2.45) is 5.92 Å². The van der Waals surface area contributed by atoms with Crippen LogP contribution < -0.4 is 5.32 Å². The number of amides is 2. The number of aromatic carboxylic acids is 1. The van der Waals surface area contributed by atoms with Gasteiger partial charge in [0, 0.05) is 18.8 Å². The van der Waals surface area contributed by atoms with Crippen LogP contribution in [0.3, 0.4) is 0 Å². The van der Waals surface area contributed by atoms with Gasteiger partial charge in [0.2, 0.25) is 0 Å². The molecule has 2 rings (SSSR count). The monoisotopic (exact) mass is 279 g/mol. The first-order valence-electron chi connectivity index (χ1n) is 7.00. The summed E-state index contributed by atoms with van der Waals surface area (Å²) in [5, 5.41) is 11.8. The van der Waals surface area contributed by atoms with Crippen LogP contribution in [-0.4, -0.2) is 40.1 Å². The molecule has 0 aromatic carbocycles. The standard InChI is InChI=1S/C14H21N3O3/c1-3-6-17(8-10-4-5-10)14(20)16-11-7-9(2)15-12(11)13(18)19/h7,10,15H,3-6,8H2,1-2H3,(H,16,20)(H,18,19). The summed E-state index contributed by atoms with van der Waals surface area (Å²) in [5.74, 6) is -0.461. The van der Waals surface area contributed by atoms with E-state index in [1.807, 2.05) is 6.92 Å². The molecule has 3 N–H and O–H groups in total. The van der Waals surface area contributed by atoms with Gasteiger partial charge in [-0.25, -0.2) is 9.59 Å². The third-order valence-electron chi connectivity index (χ3n) is 3.36. The molecule has 0 saturated heterocycles. The summed E-state index contributed by atoms with van der Waals surface area (Å²) in [4.78, 5) is 27.9. The third-order valence-corrected chi connectivity index (χ3v) is 3.36. The molecule has 0 aliphatic heterocycles. The quantitative estimate of drug-likeness (QED) is 0.748. The predicted molar refractivity (Wildman–Crippen MR) is 76.1 cm³/mol. The van der Waals surface area contributed by atoms with Gasteiger partial charge in [0.15, 0.2) is 0 Å². The number of rotatable bonds is 6. The van der Waals surface area contributed by atoms with E-state index < -0.39 is 5.97 Å². The zero-order valence-corrected chi connectivity index (χ0v) is 11.9. The van der Waals surface area contributed by atoms with Gasteiger partial charge in [0.05, 0.1) is 5.69 Å². The molecule has 1 aromatic heterocycles. The van der Waals surface area contributed by atoms with Crippen LogP contribution in [0.15, 0.2) is 6.07 Å². The van der Waals surface area contributed by atoms with E-state index in [1.165, 1.54) is 12.8 Å². The van der Waals surface area contributed by atoms with E-state index in [4.69, 9.17) is 5.11 Å². The number of nitrogens with zero attached hydrogens (tertiary/aromatic N) is 1. The number of aromatic nitrogens is 1. The molecule has 6 heteroatoms. The molecule has 1 aliphatic rings. The summed E-state index contributed by atoms with van der Waals surface area (Å²) < 4.78 is 0. The van der Waals surface area contributed by atoms with E-state index >= 15 is 0 Å². The van der Waals surface area contributed by atoms with Gasteiger partial charge >= 0.3 is 12.0 Å². The van der Waals surface area contributed by atoms with Gasteiger partial charge in [0.1, 0.15) is 5.69 Å². The number of H-pyrrole nitrogens is 1. The van der Waals surface area contributed by atoms with Crippen LogP contribution in [0.4, 0.5) is 10.5 Å². The first-order valence-corrected chi connectivity index (χ1v) is 7.00. The van der Waals surface area contributed by atoms with Crippen molar-refractivity contribution in [1.82, 2.24) is 9.88 Å². The molecule has 1 heterocycles. The highest BCUT2D eigenvalue weighted by atomic mass is 16.4. The lowest BCUT2D eigenvalue weighted by Crippen LogP contribution is -2.37. The number of hydrogen-bond donors (Lipinski definition) is 3. The number of urea groups is 1. The number of carbonyl (C=O) groups excluding carboxylic acids is 1. The minimum atomic E-state index is -1.07. The second kappa shape index (κ2) is 5.98. The number of carboxylic acid groups (broad SMARTS) is 1. The highest BCUT2D eigenvalue weighted by Crippen LogP contribution is 2.30. The van der Waals surface area contributed by atoms with E-state index in [0.29, 0.717) is 23.8 Å². The molecule has 0 spiro atoms. The summed E-state index contributed by atoms with van der Waals surface area (Å²) >= 11 is 0. The van der Waals surface area contributed by atoms with Crippen LogP contribution in [-0.2, 0) is 0 Å². The van der Waals surface area contributed by atoms with Crippen molar-refractivity contribution in [3.8, 4) is 0 Å². The zero-order valence-electron chi connectivity index (χ0n) is 11.9. The SMILES string of the molecule is CCCN(CC1CC1)C(=O)Nc1cc(C)[nH]c1C(=O)O. The molecular formula is C14H21N3O3. The van der Waals surface area contributed by atoms with Crippen LogP contribution >= 0.6 is 0 Å². The van der Waals surface area contributed by atoms with E-state index in [0.717, 1.165) is 13.0 Å². The molecule has 0 atom stereocenters. The van der Waals surface area contributed by atoms with Crippen LogP contribution in [0, 0.1) is 12.8 Å². The fraction of sp³-hybridized carbons (Fsp3) is 0.571. The number of aromatic amines is 1. The van der Waals surface area contributed by atoms with Crippen LogP contribution in [0.5, 0.6) is 0 Å². The Labute approximate surface area is 118 Å². The second-order valence-corrected chi connectivity index (χ2v) is 5.37. The van der Waals surface area contributed by atoms with Gasteiger partial charge in [-0.3, -0.25) is 0 Å². The highest BCUT2D eigenvalue weighted by Gasteiger charge is 2.27. The first-order chi connectivity index (χ1) is 9.51. The molecule has 1 aliphatic carbocycles. The Morgan fingerprint density at radius 1 is 1.50 bits per heavy atom. The van der Waals surface area contributed by atoms with Crippen molar-refractivity contribution < 1.29 is 14.7 Å². The van der Waals surface area contributed by atoms with Gasteiger partial charge in [-0.2, -0.15) is 0 Å². The van der Waals surface area contributed by atoms with Crippen LogP contribution in [0.1, 0.15) is 42.4 Å². The number of carbonyl (C=O) groups is 2. The molecule has 1 saturated carbocycles. The average Bonchev–Trinajstić information content (AvgIpc) is 3.11. The summed E-state index contributed by atoms with van der Waals surface area (Å²) in [5.41, 5.74) is 1.07. The normalized spacial score (nSPS) is 14.1. The second-order valence-electron chi connectivity index (χ2n) is 5.37. The number of carboxylic acids is 1. The van der Waals surface area contributed by atoms with E-state index in [1.54, 1.807) is 17.9 Å². The average molecular weight is 279 g/mol. The molecule has 0 bridgehead atoms. The lowest BCUT2D eigenvalue weighted by atomic mass is 10.3. The Bertz CT molecular complexity index is 506. The number of anilines is 1. The molecule has 6 nitrogen and oxygen atoms in total. The molecule has 20 heavy (non-hydrogen) atoms. The fourth-order valence-electron chi connectivity index (χ4n) is 2.21. The van der Waals surface area contributed by atoms with Crippen molar-refractivity contribution in [1.29, 1.82) is 0 Å². The van der Waals surface area contributed by atoms with E-state index in [2.05, 4.69) is 10.3 Å². The largest absolute Gasteiger partial charge is 0.477 e. The van der Waals surface area contributed by atoms with Gasteiger partial charge in [-0.05, 0) is 38.2 Å². The summed E-state index contributed by atoms with van der Waals surface area (Å²) in [7, 11) is 0. The Morgan fingerprint density at radius 3 is 2.75 bits per heavy atom. The molecule has 110 valence electrons. The third kappa shape index (κ3) is 3.53. The van der Waals surface area contributed by atoms with Crippen LogP contribution in [0.2, 0.25) is 0 Å². The summed E-state index contributed by atoms with van der Waals surface area (Å²) in [6.45, 7) is 5.23. The fourth-order valence-corrected chi connectivity index (χ4v) is 2.21. The Balaban J connectivity index is 2.06. The first kappa shape index (κ1) is 14.4. The maximum absolute atomic E-state index is 12.3. The molecule has 1 aromatic rings. The topological polar surface area (TPSA) is 85.4 Å². The smallest absolute Gasteiger partial charge is 0.354 e. The molecule has 2 amide bonds. The zero-order chi connectivity index (χ0) is 14.7. The van der Waals surface area contributed by atoms with Crippen molar-refractivity contribution in [2.45, 2.75) is 33.1 Å². The lowest BCUT2D eigenvalue weighted by molar-refractivity contribution is 0.0692. The van der Waals surface area contributed by atoms with Gasteiger partial charge in [0.25, 0.3) is 0 Å². The van der Waals surface area contributed by atoms with Crippen molar-refractivity contribution in [3.05, 3.63) is 17.5 Å². The number of nitrogens with one attached hydrogen (secondary N) is 2. The molecular weight excluding hydrogens is 258 g/mol. The van der Waals surface area contributed by atoms with Gasteiger partial charge in [-0.15, -0.1) is 0 Å². The Kier molecular flexibility index (Phi) is 4.32. The maximum atomic E-state index is 12.3. The van der Waals surface area contributed by atoms with Gasteiger partial charge in [-0.1, -0.05) is 6.92 Å². The lowest BCUT2D eigenvalue weighted by Gasteiger charge is -2.22. The Hall–Kier alpha value is -1.98. The maximum Gasteiger partial charge on any atom is 0.354 e. The van der Waals surface area contributed by atoms with E-state index in [-0.39, 0.29) is 11.7 Å². The van der Waals surface area contributed by atoms with Gasteiger partial charge < -0.3 is 20.3 Å². The Morgan fingerprint density at radius 2 is 2.20 bits per heavy atom. The molecule has 0 radical (unpaired) electrons. The molecule has 1 fully saturated rings. The minimum absolute atomic E-state index is 0.0266. The molecule has 0 unspecified atom stereocenters.